The Morgan fingerprint density at radius 3 is 2.83 bits per heavy atom. The molecule has 3 atom stereocenters. The summed E-state index contributed by atoms with van der Waals surface area (Å²) < 4.78 is 0. The van der Waals surface area contributed by atoms with Gasteiger partial charge in [0, 0.05) is 6.04 Å². The van der Waals surface area contributed by atoms with Crippen molar-refractivity contribution in [2.45, 2.75) is 31.7 Å². The van der Waals surface area contributed by atoms with Crippen molar-refractivity contribution in [2.24, 2.45) is 11.8 Å². The van der Waals surface area contributed by atoms with Crippen LogP contribution in [0.5, 0.6) is 0 Å². The Morgan fingerprint density at radius 1 is 1.39 bits per heavy atom. The summed E-state index contributed by atoms with van der Waals surface area (Å²) in [6.07, 6.45) is 5.88. The van der Waals surface area contributed by atoms with Gasteiger partial charge in [0.1, 0.15) is 0 Å². The number of hydrogen-bond donors (Lipinski definition) is 3. The van der Waals surface area contributed by atoms with E-state index in [0.29, 0.717) is 5.92 Å². The Morgan fingerprint density at radius 2 is 2.22 bits per heavy atom. The van der Waals surface area contributed by atoms with Crippen LogP contribution in [0.15, 0.2) is 6.33 Å². The van der Waals surface area contributed by atoms with Crippen LogP contribution < -0.4 is 5.32 Å². The second kappa shape index (κ2) is 4.12. The van der Waals surface area contributed by atoms with Crippen LogP contribution in [-0.2, 0) is 0 Å². The number of amides is 1. The first-order valence-electron chi connectivity index (χ1n) is 6.22. The van der Waals surface area contributed by atoms with Gasteiger partial charge in [-0.15, -0.1) is 0 Å². The van der Waals surface area contributed by atoms with Crippen LogP contribution in [0.1, 0.15) is 46.7 Å². The molecule has 18 heavy (non-hydrogen) atoms. The molecule has 3 rings (SSSR count). The Balaban J connectivity index is 1.71. The van der Waals surface area contributed by atoms with Gasteiger partial charge in [-0.3, -0.25) is 4.79 Å². The highest BCUT2D eigenvalue weighted by atomic mass is 16.4. The van der Waals surface area contributed by atoms with Gasteiger partial charge in [-0.2, -0.15) is 0 Å². The summed E-state index contributed by atoms with van der Waals surface area (Å²) in [5, 5.41) is 11.8. The van der Waals surface area contributed by atoms with Crippen LogP contribution in [-0.4, -0.2) is 33.0 Å². The topological polar surface area (TPSA) is 95.1 Å². The van der Waals surface area contributed by atoms with E-state index in [-0.39, 0.29) is 23.3 Å². The van der Waals surface area contributed by atoms with Gasteiger partial charge in [-0.05, 0) is 31.1 Å². The first-order chi connectivity index (χ1) is 8.65. The van der Waals surface area contributed by atoms with Gasteiger partial charge in [0.2, 0.25) is 0 Å². The SMILES string of the molecule is O=C(NC1CC2CCC1C2)c1nc[nH]c1C(=O)O. The summed E-state index contributed by atoms with van der Waals surface area (Å²) in [4.78, 5) is 29.2. The van der Waals surface area contributed by atoms with E-state index in [1.54, 1.807) is 0 Å². The van der Waals surface area contributed by atoms with Crippen molar-refractivity contribution in [1.82, 2.24) is 15.3 Å². The van der Waals surface area contributed by atoms with E-state index in [2.05, 4.69) is 15.3 Å². The third-order valence-corrected chi connectivity index (χ3v) is 4.12. The molecule has 0 aliphatic heterocycles. The number of aromatic nitrogens is 2. The first kappa shape index (κ1) is 11.3. The lowest BCUT2D eigenvalue weighted by Gasteiger charge is -2.22. The first-order valence-corrected chi connectivity index (χ1v) is 6.22. The van der Waals surface area contributed by atoms with Gasteiger partial charge < -0.3 is 15.4 Å². The fourth-order valence-electron chi connectivity index (χ4n) is 3.29. The van der Waals surface area contributed by atoms with Crippen molar-refractivity contribution < 1.29 is 14.7 Å². The Kier molecular flexibility index (Phi) is 2.57. The number of nitrogens with zero attached hydrogens (tertiary/aromatic N) is 1. The molecule has 0 spiro atoms. The minimum atomic E-state index is -1.16. The molecule has 96 valence electrons. The van der Waals surface area contributed by atoms with Crippen molar-refractivity contribution in [2.75, 3.05) is 0 Å². The summed E-state index contributed by atoms with van der Waals surface area (Å²) >= 11 is 0. The van der Waals surface area contributed by atoms with Crippen molar-refractivity contribution in [1.29, 1.82) is 0 Å². The van der Waals surface area contributed by atoms with Gasteiger partial charge in [-0.25, -0.2) is 9.78 Å². The third kappa shape index (κ3) is 1.77. The maximum atomic E-state index is 12.0. The van der Waals surface area contributed by atoms with E-state index < -0.39 is 5.97 Å². The van der Waals surface area contributed by atoms with Gasteiger partial charge >= 0.3 is 5.97 Å². The fraction of sp³-hybridized carbons (Fsp3) is 0.583. The maximum Gasteiger partial charge on any atom is 0.354 e. The molecule has 2 fully saturated rings. The van der Waals surface area contributed by atoms with Crippen molar-refractivity contribution in [3.05, 3.63) is 17.7 Å². The van der Waals surface area contributed by atoms with Crippen LogP contribution >= 0.6 is 0 Å². The van der Waals surface area contributed by atoms with Gasteiger partial charge in [0.05, 0.1) is 6.33 Å². The molecular formula is C12H15N3O3. The number of fused-ring (bicyclic) bond motifs is 2. The number of carbonyl (C=O) groups excluding carboxylic acids is 1. The molecule has 1 aromatic heterocycles. The largest absolute Gasteiger partial charge is 0.477 e. The summed E-state index contributed by atoms with van der Waals surface area (Å²) in [5.41, 5.74) is -0.166. The second-order valence-corrected chi connectivity index (χ2v) is 5.19. The molecule has 2 aliphatic carbocycles. The van der Waals surface area contributed by atoms with Crippen LogP contribution in [0.4, 0.5) is 0 Å². The molecule has 3 unspecified atom stereocenters. The number of carboxylic acid groups (broad SMARTS) is 1. The van der Waals surface area contributed by atoms with Crippen LogP contribution in [0.2, 0.25) is 0 Å². The number of nitrogens with one attached hydrogen (secondary N) is 2. The predicted molar refractivity (Wildman–Crippen MR) is 62.2 cm³/mol. The molecule has 6 nitrogen and oxygen atoms in total. The van der Waals surface area contributed by atoms with Crippen LogP contribution in [0.25, 0.3) is 0 Å². The summed E-state index contributed by atoms with van der Waals surface area (Å²) in [5.74, 6) is -0.249. The fourth-order valence-corrected chi connectivity index (χ4v) is 3.29. The molecule has 1 aromatic rings. The molecule has 2 saturated carbocycles. The van der Waals surface area contributed by atoms with Gasteiger partial charge in [0.25, 0.3) is 5.91 Å². The van der Waals surface area contributed by atoms with E-state index >= 15 is 0 Å². The highest BCUT2D eigenvalue weighted by Crippen LogP contribution is 2.44. The predicted octanol–water partition coefficient (Wildman–Crippen LogP) is 1.03. The molecule has 2 bridgehead atoms. The lowest BCUT2D eigenvalue weighted by Crippen LogP contribution is -2.39. The number of H-pyrrole nitrogens is 1. The zero-order chi connectivity index (χ0) is 12.7. The van der Waals surface area contributed by atoms with Crippen molar-refractivity contribution >= 4 is 11.9 Å². The number of aromatic carboxylic acids is 1. The zero-order valence-corrected chi connectivity index (χ0v) is 9.85. The van der Waals surface area contributed by atoms with Gasteiger partial charge in [-0.1, -0.05) is 6.42 Å². The lowest BCUT2D eigenvalue weighted by molar-refractivity contribution is 0.0684. The van der Waals surface area contributed by atoms with Crippen LogP contribution in [0.3, 0.4) is 0 Å². The molecule has 1 heterocycles. The van der Waals surface area contributed by atoms with E-state index in [1.807, 2.05) is 0 Å². The Labute approximate surface area is 104 Å². The maximum absolute atomic E-state index is 12.0. The standard InChI is InChI=1S/C12H15N3O3/c16-11(9-10(12(17)18)14-5-13-9)15-8-4-6-1-2-7(8)3-6/h5-8H,1-4H2,(H,13,14)(H,15,16)(H,17,18). The van der Waals surface area contributed by atoms with E-state index in [1.165, 1.54) is 25.6 Å². The number of aromatic amines is 1. The molecule has 2 aliphatic rings. The molecule has 3 N–H and O–H groups in total. The lowest BCUT2D eigenvalue weighted by atomic mass is 9.95. The number of rotatable bonds is 3. The normalized spacial score (nSPS) is 29.4. The Bertz CT molecular complexity index is 497. The molecular weight excluding hydrogens is 234 g/mol. The Hall–Kier alpha value is -1.85. The summed E-state index contributed by atoms with van der Waals surface area (Å²) in [6, 6.07) is 0.189. The highest BCUT2D eigenvalue weighted by molar-refractivity contribution is 6.02. The summed E-state index contributed by atoms with van der Waals surface area (Å²) in [6.45, 7) is 0. The smallest absolute Gasteiger partial charge is 0.354 e. The summed E-state index contributed by atoms with van der Waals surface area (Å²) in [7, 11) is 0. The number of carboxylic acids is 1. The molecule has 0 radical (unpaired) electrons. The zero-order valence-electron chi connectivity index (χ0n) is 9.85. The molecule has 0 aromatic carbocycles. The second-order valence-electron chi connectivity index (χ2n) is 5.19. The quantitative estimate of drug-likeness (QED) is 0.745. The van der Waals surface area contributed by atoms with Crippen LogP contribution in [0, 0.1) is 11.8 Å². The average molecular weight is 249 g/mol. The molecule has 6 heteroatoms. The molecule has 1 amide bonds. The number of hydrogen-bond acceptors (Lipinski definition) is 3. The van der Waals surface area contributed by atoms with Crippen molar-refractivity contribution in [3.63, 3.8) is 0 Å². The number of imidazole rings is 1. The van der Waals surface area contributed by atoms with Crippen molar-refractivity contribution in [3.8, 4) is 0 Å². The number of carbonyl (C=O) groups is 2. The molecule has 0 saturated heterocycles. The highest BCUT2D eigenvalue weighted by Gasteiger charge is 2.40. The third-order valence-electron chi connectivity index (χ3n) is 4.12. The monoisotopic (exact) mass is 249 g/mol. The van der Waals surface area contributed by atoms with E-state index in [0.717, 1.165) is 12.3 Å². The average Bonchev–Trinajstić information content (AvgIpc) is 3.04. The van der Waals surface area contributed by atoms with Gasteiger partial charge in [0.15, 0.2) is 11.4 Å². The van der Waals surface area contributed by atoms with E-state index in [9.17, 15) is 9.59 Å². The minimum Gasteiger partial charge on any atom is -0.477 e. The van der Waals surface area contributed by atoms with E-state index in [4.69, 9.17) is 5.11 Å². The minimum absolute atomic E-state index is 0.0229.